The number of thioether (sulfide) groups is 1. The number of carbonyl (C=O) groups is 2. The van der Waals surface area contributed by atoms with E-state index in [2.05, 4.69) is 4.99 Å². The molecular weight excluding hydrogens is 360 g/mol. The molecule has 1 aliphatic heterocycles. The number of rotatable bonds is 6. The van der Waals surface area contributed by atoms with E-state index in [-0.39, 0.29) is 18.3 Å². The third kappa shape index (κ3) is 5.20. The summed E-state index contributed by atoms with van der Waals surface area (Å²) in [6.07, 6.45) is 1.40. The molecule has 0 saturated carbocycles. The Labute approximate surface area is 163 Å². The van der Waals surface area contributed by atoms with Gasteiger partial charge in [0.2, 0.25) is 0 Å². The number of hydrogen-bond donors (Lipinski definition) is 0. The van der Waals surface area contributed by atoms with Gasteiger partial charge < -0.3 is 4.74 Å². The second kappa shape index (κ2) is 9.37. The van der Waals surface area contributed by atoms with Gasteiger partial charge in [-0.2, -0.15) is 0 Å². The van der Waals surface area contributed by atoms with Crippen LogP contribution in [0.25, 0.3) is 0 Å². The lowest BCUT2D eigenvalue weighted by molar-refractivity contribution is -0.129. The van der Waals surface area contributed by atoms with E-state index in [1.807, 2.05) is 37.3 Å². The molecule has 0 atom stereocenters. The lowest BCUT2D eigenvalue weighted by Crippen LogP contribution is -2.41. The first-order valence-electron chi connectivity index (χ1n) is 9.00. The molecule has 1 saturated heterocycles. The van der Waals surface area contributed by atoms with E-state index in [9.17, 15) is 9.59 Å². The Morgan fingerprint density at radius 3 is 2.56 bits per heavy atom. The first-order chi connectivity index (χ1) is 13.2. The molecular formula is C21H22N2O3S. The summed E-state index contributed by atoms with van der Waals surface area (Å²) in [5.74, 6) is 1.49. The van der Waals surface area contributed by atoms with Crippen LogP contribution >= 0.6 is 11.8 Å². The van der Waals surface area contributed by atoms with E-state index in [4.69, 9.17) is 4.74 Å². The van der Waals surface area contributed by atoms with Crippen LogP contribution in [-0.2, 0) is 4.79 Å². The minimum Gasteiger partial charge on any atom is -0.484 e. The highest BCUT2D eigenvalue weighted by Crippen LogP contribution is 2.22. The molecule has 140 valence electrons. The predicted octanol–water partition coefficient (Wildman–Crippen LogP) is 4.31. The lowest BCUT2D eigenvalue weighted by atomic mass is 10.1. The van der Waals surface area contributed by atoms with Crippen LogP contribution in [-0.4, -0.2) is 40.7 Å². The molecule has 0 unspecified atom stereocenters. The number of para-hydroxylation sites is 1. The van der Waals surface area contributed by atoms with Crippen LogP contribution in [0.5, 0.6) is 5.75 Å². The van der Waals surface area contributed by atoms with Crippen LogP contribution in [0.4, 0.5) is 5.69 Å². The highest BCUT2D eigenvalue weighted by molar-refractivity contribution is 8.13. The Morgan fingerprint density at radius 2 is 1.85 bits per heavy atom. The van der Waals surface area contributed by atoms with Gasteiger partial charge in [0.1, 0.15) is 5.75 Å². The SMILES string of the molecule is CCC(=O)c1ccc(OCC(=O)N2CCCSC2=Nc2ccccc2)cc1. The van der Waals surface area contributed by atoms with E-state index in [0.29, 0.717) is 29.4 Å². The quantitative estimate of drug-likeness (QED) is 0.699. The Morgan fingerprint density at radius 1 is 1.11 bits per heavy atom. The third-order valence-corrected chi connectivity index (χ3v) is 5.19. The van der Waals surface area contributed by atoms with Gasteiger partial charge in [-0.1, -0.05) is 36.9 Å². The van der Waals surface area contributed by atoms with Crippen molar-refractivity contribution in [3.05, 3.63) is 60.2 Å². The number of nitrogens with zero attached hydrogens (tertiary/aromatic N) is 2. The number of Topliss-reactive ketones (excluding diaryl/α,β-unsaturated/α-hetero) is 1. The standard InChI is InChI=1S/C21H22N2O3S/c1-2-19(24)16-9-11-18(12-10-16)26-15-20(25)23-13-6-14-27-21(23)22-17-7-4-3-5-8-17/h3-5,7-12H,2,6,13-15H2,1H3. The van der Waals surface area contributed by atoms with Crippen molar-refractivity contribution in [3.8, 4) is 5.75 Å². The van der Waals surface area contributed by atoms with Gasteiger partial charge in [0.05, 0.1) is 5.69 Å². The van der Waals surface area contributed by atoms with Crippen LogP contribution in [0.3, 0.4) is 0 Å². The van der Waals surface area contributed by atoms with Gasteiger partial charge in [-0.05, 0) is 42.8 Å². The normalized spacial score (nSPS) is 15.6. The zero-order valence-electron chi connectivity index (χ0n) is 15.3. The number of amidine groups is 1. The van der Waals surface area contributed by atoms with Crippen molar-refractivity contribution in [2.24, 2.45) is 4.99 Å². The van der Waals surface area contributed by atoms with Gasteiger partial charge in [0, 0.05) is 24.3 Å². The Bertz CT molecular complexity index is 819. The van der Waals surface area contributed by atoms with Crippen molar-refractivity contribution < 1.29 is 14.3 Å². The van der Waals surface area contributed by atoms with Gasteiger partial charge in [-0.3, -0.25) is 14.5 Å². The molecule has 0 spiro atoms. The summed E-state index contributed by atoms with van der Waals surface area (Å²) < 4.78 is 5.62. The van der Waals surface area contributed by atoms with Gasteiger partial charge in [0.25, 0.3) is 5.91 Å². The van der Waals surface area contributed by atoms with Gasteiger partial charge >= 0.3 is 0 Å². The summed E-state index contributed by atoms with van der Waals surface area (Å²) in [6, 6.07) is 16.5. The number of benzene rings is 2. The number of carbonyl (C=O) groups excluding carboxylic acids is 2. The molecule has 1 fully saturated rings. The minimum absolute atomic E-state index is 0.0601. The molecule has 2 aromatic carbocycles. The Kier molecular flexibility index (Phi) is 6.65. The molecule has 1 amide bonds. The fourth-order valence-corrected chi connectivity index (χ4v) is 3.64. The minimum atomic E-state index is -0.120. The van der Waals surface area contributed by atoms with E-state index >= 15 is 0 Å². The molecule has 0 aliphatic carbocycles. The van der Waals surface area contributed by atoms with Crippen molar-refractivity contribution in [1.82, 2.24) is 4.90 Å². The maximum atomic E-state index is 12.6. The summed E-state index contributed by atoms with van der Waals surface area (Å²) in [4.78, 5) is 30.6. The van der Waals surface area contributed by atoms with Crippen molar-refractivity contribution in [1.29, 1.82) is 0 Å². The Hall–Kier alpha value is -2.60. The molecule has 0 aromatic heterocycles. The zero-order chi connectivity index (χ0) is 19.1. The second-order valence-corrected chi connectivity index (χ2v) is 7.13. The zero-order valence-corrected chi connectivity index (χ0v) is 16.1. The topological polar surface area (TPSA) is 59.0 Å². The van der Waals surface area contributed by atoms with Crippen LogP contribution in [0.2, 0.25) is 0 Å². The molecule has 0 bridgehead atoms. The van der Waals surface area contributed by atoms with Crippen LogP contribution < -0.4 is 4.74 Å². The summed E-state index contributed by atoms with van der Waals surface area (Å²) >= 11 is 1.59. The van der Waals surface area contributed by atoms with Crippen LogP contribution in [0.1, 0.15) is 30.1 Å². The first kappa shape index (κ1) is 19.2. The van der Waals surface area contributed by atoms with E-state index in [0.717, 1.165) is 17.9 Å². The monoisotopic (exact) mass is 382 g/mol. The third-order valence-electron chi connectivity index (χ3n) is 4.13. The molecule has 27 heavy (non-hydrogen) atoms. The van der Waals surface area contributed by atoms with E-state index < -0.39 is 0 Å². The second-order valence-electron chi connectivity index (χ2n) is 6.07. The molecule has 3 rings (SSSR count). The van der Waals surface area contributed by atoms with E-state index in [1.165, 1.54) is 0 Å². The van der Waals surface area contributed by atoms with Gasteiger partial charge in [-0.25, -0.2) is 4.99 Å². The smallest absolute Gasteiger partial charge is 0.266 e. The number of ether oxygens (including phenoxy) is 1. The highest BCUT2D eigenvalue weighted by Gasteiger charge is 2.24. The molecule has 1 aliphatic rings. The number of ketones is 1. The van der Waals surface area contributed by atoms with Gasteiger partial charge in [-0.15, -0.1) is 0 Å². The molecule has 0 radical (unpaired) electrons. The number of hydrogen-bond acceptors (Lipinski definition) is 5. The first-order valence-corrected chi connectivity index (χ1v) is 9.99. The van der Waals surface area contributed by atoms with Crippen molar-refractivity contribution in [3.63, 3.8) is 0 Å². The molecule has 6 heteroatoms. The number of aliphatic imine (C=N–C) groups is 1. The van der Waals surface area contributed by atoms with Crippen LogP contribution in [0, 0.1) is 0 Å². The maximum Gasteiger partial charge on any atom is 0.266 e. The van der Waals surface area contributed by atoms with Crippen molar-refractivity contribution in [2.45, 2.75) is 19.8 Å². The van der Waals surface area contributed by atoms with Crippen molar-refractivity contribution >= 4 is 34.3 Å². The maximum absolute atomic E-state index is 12.6. The fourth-order valence-electron chi connectivity index (χ4n) is 2.66. The summed E-state index contributed by atoms with van der Waals surface area (Å²) in [6.45, 7) is 2.41. The summed E-state index contributed by atoms with van der Waals surface area (Å²) in [5.41, 5.74) is 1.48. The number of amides is 1. The summed E-state index contributed by atoms with van der Waals surface area (Å²) in [7, 11) is 0. The summed E-state index contributed by atoms with van der Waals surface area (Å²) in [5, 5.41) is 0.713. The molecule has 2 aromatic rings. The van der Waals surface area contributed by atoms with E-state index in [1.54, 1.807) is 40.9 Å². The largest absolute Gasteiger partial charge is 0.484 e. The average molecular weight is 382 g/mol. The lowest BCUT2D eigenvalue weighted by Gasteiger charge is -2.27. The van der Waals surface area contributed by atoms with Crippen molar-refractivity contribution in [2.75, 3.05) is 18.9 Å². The Balaban J connectivity index is 1.63. The average Bonchev–Trinajstić information content (AvgIpc) is 2.73. The van der Waals surface area contributed by atoms with Crippen LogP contribution in [0.15, 0.2) is 59.6 Å². The molecule has 1 heterocycles. The predicted molar refractivity (Wildman–Crippen MR) is 109 cm³/mol. The van der Waals surface area contributed by atoms with Gasteiger partial charge in [0.15, 0.2) is 17.6 Å². The highest BCUT2D eigenvalue weighted by atomic mass is 32.2. The molecule has 0 N–H and O–H groups in total. The molecule has 5 nitrogen and oxygen atoms in total. The fraction of sp³-hybridized carbons (Fsp3) is 0.286.